The molecule has 2 aliphatic rings. The highest BCUT2D eigenvalue weighted by atomic mass is 16.5. The summed E-state index contributed by atoms with van der Waals surface area (Å²) in [6, 6.07) is 4.05. The monoisotopic (exact) mass is 404 g/mol. The van der Waals surface area contributed by atoms with Crippen molar-refractivity contribution in [3.05, 3.63) is 23.3 Å². The first-order chi connectivity index (χ1) is 14.1. The number of amides is 2. The Morgan fingerprint density at radius 3 is 2.28 bits per heavy atom. The van der Waals surface area contributed by atoms with Crippen molar-refractivity contribution >= 4 is 6.03 Å². The number of ether oxygens (including phenoxy) is 2. The molecule has 0 aromatic heterocycles. The van der Waals surface area contributed by atoms with Crippen LogP contribution in [0, 0.1) is 0 Å². The molecule has 1 aromatic carbocycles. The Morgan fingerprint density at radius 1 is 0.966 bits per heavy atom. The Labute approximate surface area is 174 Å². The van der Waals surface area contributed by atoms with Gasteiger partial charge in [-0.05, 0) is 55.6 Å². The lowest BCUT2D eigenvalue weighted by atomic mass is 9.99. The molecule has 0 radical (unpaired) electrons. The van der Waals surface area contributed by atoms with Crippen LogP contribution in [0.4, 0.5) is 4.79 Å². The summed E-state index contributed by atoms with van der Waals surface area (Å²) in [4.78, 5) is 19.5. The van der Waals surface area contributed by atoms with Gasteiger partial charge in [0.1, 0.15) is 0 Å². The molecule has 1 fully saturated rings. The van der Waals surface area contributed by atoms with Gasteiger partial charge < -0.3 is 29.5 Å². The third kappa shape index (κ3) is 5.76. The summed E-state index contributed by atoms with van der Waals surface area (Å²) in [5, 5.41) is 3.09. The SMILES string of the molecule is CCN1CCN(CCCCNC(=O)N2CCc3cc(OC)c(OC)cc3C2)CC1. The highest BCUT2D eigenvalue weighted by molar-refractivity contribution is 5.74. The van der Waals surface area contributed by atoms with Crippen molar-refractivity contribution in [3.63, 3.8) is 0 Å². The molecule has 1 saturated heterocycles. The number of hydrogen-bond donors (Lipinski definition) is 1. The van der Waals surface area contributed by atoms with Crippen LogP contribution in [0.2, 0.25) is 0 Å². The summed E-state index contributed by atoms with van der Waals surface area (Å²) in [6.07, 6.45) is 2.99. The Balaban J connectivity index is 1.37. The topological polar surface area (TPSA) is 57.3 Å². The average molecular weight is 405 g/mol. The van der Waals surface area contributed by atoms with Crippen molar-refractivity contribution in [2.45, 2.75) is 32.7 Å². The normalized spacial score (nSPS) is 17.7. The number of carbonyl (C=O) groups is 1. The smallest absolute Gasteiger partial charge is 0.317 e. The number of benzene rings is 1. The number of fused-ring (bicyclic) bond motifs is 1. The molecule has 0 bridgehead atoms. The highest BCUT2D eigenvalue weighted by Crippen LogP contribution is 2.33. The van der Waals surface area contributed by atoms with Crippen LogP contribution < -0.4 is 14.8 Å². The van der Waals surface area contributed by atoms with Crippen LogP contribution in [0.15, 0.2) is 12.1 Å². The molecule has 0 atom stereocenters. The van der Waals surface area contributed by atoms with Crippen LogP contribution in [0.5, 0.6) is 11.5 Å². The molecule has 162 valence electrons. The lowest BCUT2D eigenvalue weighted by Crippen LogP contribution is -2.46. The van der Waals surface area contributed by atoms with Gasteiger partial charge in [-0.2, -0.15) is 0 Å². The zero-order chi connectivity index (χ0) is 20.6. The maximum absolute atomic E-state index is 12.6. The van der Waals surface area contributed by atoms with Gasteiger partial charge >= 0.3 is 6.03 Å². The Morgan fingerprint density at radius 2 is 1.62 bits per heavy atom. The number of piperazine rings is 1. The van der Waals surface area contributed by atoms with Crippen molar-refractivity contribution < 1.29 is 14.3 Å². The van der Waals surface area contributed by atoms with E-state index in [0.29, 0.717) is 12.3 Å². The first-order valence-corrected chi connectivity index (χ1v) is 10.9. The fraction of sp³-hybridized carbons (Fsp3) is 0.682. The van der Waals surface area contributed by atoms with Gasteiger partial charge in [0.05, 0.1) is 14.2 Å². The van der Waals surface area contributed by atoms with E-state index >= 15 is 0 Å². The number of urea groups is 1. The van der Waals surface area contributed by atoms with Gasteiger partial charge in [0.15, 0.2) is 11.5 Å². The van der Waals surface area contributed by atoms with Crippen LogP contribution in [0.25, 0.3) is 0 Å². The van der Waals surface area contributed by atoms with Gasteiger partial charge in [0, 0.05) is 45.8 Å². The standard InChI is InChI=1S/C22H36N4O3/c1-4-24-11-13-25(14-12-24)9-6-5-8-23-22(27)26-10-7-18-15-20(28-2)21(29-3)16-19(18)17-26/h15-16H,4-14,17H2,1-3H3,(H,23,27). The van der Waals surface area contributed by atoms with Gasteiger partial charge in [-0.25, -0.2) is 4.79 Å². The second kappa shape index (κ2) is 10.7. The second-order valence-corrected chi connectivity index (χ2v) is 7.86. The molecule has 0 aliphatic carbocycles. The minimum absolute atomic E-state index is 0.0296. The average Bonchev–Trinajstić information content (AvgIpc) is 2.77. The van der Waals surface area contributed by atoms with Gasteiger partial charge in [0.2, 0.25) is 0 Å². The molecule has 29 heavy (non-hydrogen) atoms. The quantitative estimate of drug-likeness (QED) is 0.673. The molecular formula is C22H36N4O3. The van der Waals surface area contributed by atoms with E-state index in [4.69, 9.17) is 9.47 Å². The predicted molar refractivity (Wildman–Crippen MR) is 115 cm³/mol. The number of rotatable bonds is 8. The molecule has 0 saturated carbocycles. The molecule has 2 heterocycles. The van der Waals surface area contributed by atoms with Crippen LogP contribution in [-0.2, 0) is 13.0 Å². The third-order valence-corrected chi connectivity index (χ3v) is 6.09. The van der Waals surface area contributed by atoms with Gasteiger partial charge in [-0.1, -0.05) is 6.92 Å². The van der Waals surface area contributed by atoms with Crippen molar-refractivity contribution in [2.24, 2.45) is 0 Å². The maximum atomic E-state index is 12.6. The number of unbranched alkanes of at least 4 members (excludes halogenated alkanes) is 1. The molecule has 0 spiro atoms. The second-order valence-electron chi connectivity index (χ2n) is 7.86. The molecule has 1 N–H and O–H groups in total. The van der Waals surface area contributed by atoms with Crippen molar-refractivity contribution in [2.75, 3.05) is 66.6 Å². The van der Waals surface area contributed by atoms with Crippen molar-refractivity contribution in [1.29, 1.82) is 0 Å². The number of hydrogen-bond acceptors (Lipinski definition) is 5. The summed E-state index contributed by atoms with van der Waals surface area (Å²) in [6.45, 7) is 11.3. The van der Waals surface area contributed by atoms with Gasteiger partial charge in [-0.3, -0.25) is 0 Å². The zero-order valence-electron chi connectivity index (χ0n) is 18.2. The van der Waals surface area contributed by atoms with Gasteiger partial charge in [0.25, 0.3) is 0 Å². The lowest BCUT2D eigenvalue weighted by molar-refractivity contribution is 0.135. The summed E-state index contributed by atoms with van der Waals surface area (Å²) < 4.78 is 10.8. The molecule has 1 aromatic rings. The van der Waals surface area contributed by atoms with E-state index in [2.05, 4.69) is 22.0 Å². The molecule has 2 amide bonds. The minimum atomic E-state index is 0.0296. The van der Waals surface area contributed by atoms with Crippen LogP contribution in [-0.4, -0.2) is 87.3 Å². The largest absolute Gasteiger partial charge is 0.493 e. The molecule has 7 nitrogen and oxygen atoms in total. The van der Waals surface area contributed by atoms with E-state index in [1.165, 1.54) is 31.7 Å². The van der Waals surface area contributed by atoms with Crippen molar-refractivity contribution in [3.8, 4) is 11.5 Å². The van der Waals surface area contributed by atoms with Crippen LogP contribution >= 0.6 is 0 Å². The number of nitrogens with zero attached hydrogens (tertiary/aromatic N) is 3. The summed E-state index contributed by atoms with van der Waals surface area (Å²) in [7, 11) is 3.29. The van der Waals surface area contributed by atoms with E-state index < -0.39 is 0 Å². The highest BCUT2D eigenvalue weighted by Gasteiger charge is 2.22. The molecule has 2 aliphatic heterocycles. The molecule has 7 heteroatoms. The number of methoxy groups -OCH3 is 2. The first-order valence-electron chi connectivity index (χ1n) is 10.9. The van der Waals surface area contributed by atoms with E-state index in [-0.39, 0.29) is 6.03 Å². The molecule has 0 unspecified atom stereocenters. The Bertz CT molecular complexity index is 674. The predicted octanol–water partition coefficient (Wildman–Crippen LogP) is 2.19. The lowest BCUT2D eigenvalue weighted by Gasteiger charge is -2.34. The van der Waals surface area contributed by atoms with E-state index in [9.17, 15) is 4.79 Å². The van der Waals surface area contributed by atoms with E-state index in [1.54, 1.807) is 14.2 Å². The fourth-order valence-corrected chi connectivity index (χ4v) is 4.15. The first kappa shape index (κ1) is 21.7. The number of carbonyl (C=O) groups excluding carboxylic acids is 1. The fourth-order valence-electron chi connectivity index (χ4n) is 4.15. The minimum Gasteiger partial charge on any atom is -0.493 e. The van der Waals surface area contributed by atoms with E-state index in [1.807, 2.05) is 17.0 Å². The van der Waals surface area contributed by atoms with Crippen LogP contribution in [0.1, 0.15) is 30.9 Å². The Hall–Kier alpha value is -1.99. The number of nitrogens with one attached hydrogen (secondary N) is 1. The summed E-state index contributed by atoms with van der Waals surface area (Å²) >= 11 is 0. The summed E-state index contributed by atoms with van der Waals surface area (Å²) in [5.41, 5.74) is 2.37. The zero-order valence-corrected chi connectivity index (χ0v) is 18.2. The Kier molecular flexibility index (Phi) is 8.00. The summed E-state index contributed by atoms with van der Waals surface area (Å²) in [5.74, 6) is 1.47. The van der Waals surface area contributed by atoms with Crippen LogP contribution in [0.3, 0.4) is 0 Å². The molecular weight excluding hydrogens is 368 g/mol. The number of likely N-dealkylation sites (N-methyl/N-ethyl adjacent to an activating group) is 1. The van der Waals surface area contributed by atoms with E-state index in [0.717, 1.165) is 56.8 Å². The third-order valence-electron chi connectivity index (χ3n) is 6.09. The van der Waals surface area contributed by atoms with Gasteiger partial charge in [-0.15, -0.1) is 0 Å². The molecule has 3 rings (SSSR count). The van der Waals surface area contributed by atoms with Crippen molar-refractivity contribution in [1.82, 2.24) is 20.0 Å². The maximum Gasteiger partial charge on any atom is 0.317 e.